The molecule has 0 saturated heterocycles. The molecule has 6 nitrogen and oxygen atoms in total. The zero-order chi connectivity index (χ0) is 25.5. The molecule has 8 heteroatoms. The third-order valence-corrected chi connectivity index (χ3v) is 6.36. The van der Waals surface area contributed by atoms with E-state index >= 15 is 0 Å². The van der Waals surface area contributed by atoms with Gasteiger partial charge in [0.1, 0.15) is 28.7 Å². The van der Waals surface area contributed by atoms with E-state index in [1.54, 1.807) is 43.3 Å². The van der Waals surface area contributed by atoms with Gasteiger partial charge in [0.25, 0.3) is 5.91 Å². The zero-order valence-electron chi connectivity index (χ0n) is 19.3. The maximum Gasteiger partial charge on any atom is 0.344 e. The number of aliphatic imine (C=N–C) groups is 1. The number of carbonyl (C=O) groups excluding carboxylic acids is 2. The Labute approximate surface area is 217 Å². The van der Waals surface area contributed by atoms with Crippen molar-refractivity contribution < 1.29 is 24.2 Å². The number of hydrogen-bond acceptors (Lipinski definition) is 6. The quantitative estimate of drug-likeness (QED) is 0.353. The fourth-order valence-electron chi connectivity index (χ4n) is 3.29. The second-order valence-electron chi connectivity index (χ2n) is 7.63. The van der Waals surface area contributed by atoms with Crippen molar-refractivity contribution in [1.82, 2.24) is 0 Å². The van der Waals surface area contributed by atoms with Crippen LogP contribution in [0.15, 0.2) is 100 Å². The molecule has 1 amide bonds. The van der Waals surface area contributed by atoms with Crippen molar-refractivity contribution in [3.8, 4) is 5.75 Å². The van der Waals surface area contributed by atoms with E-state index in [0.29, 0.717) is 27.8 Å². The number of thioether (sulfide) groups is 1. The number of amides is 1. The Kier molecular flexibility index (Phi) is 8.25. The van der Waals surface area contributed by atoms with E-state index < -0.39 is 11.9 Å². The molecular formula is C28H22ClNO5S. The van der Waals surface area contributed by atoms with Gasteiger partial charge in [-0.05, 0) is 60.5 Å². The molecule has 1 N–H and O–H groups in total. The molecule has 0 spiro atoms. The Morgan fingerprint density at radius 3 is 2.36 bits per heavy atom. The average molecular weight is 520 g/mol. The second-order valence-corrected chi connectivity index (χ2v) is 9.09. The molecule has 0 aromatic heterocycles. The first kappa shape index (κ1) is 25.3. The zero-order valence-corrected chi connectivity index (χ0v) is 20.9. The van der Waals surface area contributed by atoms with Crippen molar-refractivity contribution in [2.75, 3.05) is 6.61 Å². The highest BCUT2D eigenvalue weighted by atomic mass is 35.5. The average Bonchev–Trinajstić information content (AvgIpc) is 3.19. The third kappa shape index (κ3) is 6.24. The minimum atomic E-state index is -0.739. The molecule has 0 unspecified atom stereocenters. The smallest absolute Gasteiger partial charge is 0.344 e. The molecule has 1 aliphatic rings. The molecule has 0 atom stereocenters. The van der Waals surface area contributed by atoms with Crippen LogP contribution < -0.4 is 4.74 Å². The minimum Gasteiger partial charge on any atom is -0.506 e. The van der Waals surface area contributed by atoms with Gasteiger partial charge < -0.3 is 14.6 Å². The number of halogens is 1. The third-order valence-electron chi connectivity index (χ3n) is 5.09. The summed E-state index contributed by atoms with van der Waals surface area (Å²) in [5.74, 6) is -0.859. The lowest BCUT2D eigenvalue weighted by Crippen LogP contribution is -2.14. The summed E-state index contributed by atoms with van der Waals surface area (Å²) in [4.78, 5) is 29.6. The Morgan fingerprint density at radius 1 is 1.00 bits per heavy atom. The van der Waals surface area contributed by atoms with Crippen molar-refractivity contribution in [3.63, 3.8) is 0 Å². The van der Waals surface area contributed by atoms with Gasteiger partial charge in [0, 0.05) is 10.6 Å². The first-order valence-corrected chi connectivity index (χ1v) is 12.3. The van der Waals surface area contributed by atoms with Gasteiger partial charge in [-0.2, -0.15) is 0 Å². The molecule has 36 heavy (non-hydrogen) atoms. The number of rotatable bonds is 7. The number of benzene rings is 3. The minimum absolute atomic E-state index is 0.0916. The Balaban J connectivity index is 1.54. The first-order valence-electron chi connectivity index (χ1n) is 11.1. The van der Waals surface area contributed by atoms with Crippen LogP contribution in [0.4, 0.5) is 0 Å². The van der Waals surface area contributed by atoms with Crippen molar-refractivity contribution >= 4 is 46.4 Å². The van der Waals surface area contributed by atoms with Crippen molar-refractivity contribution in [1.29, 1.82) is 0 Å². The Bertz CT molecular complexity index is 1350. The first-order chi connectivity index (χ1) is 17.4. The Morgan fingerprint density at radius 2 is 1.69 bits per heavy atom. The molecule has 0 bridgehead atoms. The normalized spacial score (nSPS) is 15.4. The van der Waals surface area contributed by atoms with Gasteiger partial charge in [0.2, 0.25) is 0 Å². The molecular weight excluding hydrogens is 498 g/mol. The molecule has 182 valence electrons. The highest BCUT2D eigenvalue weighted by Gasteiger charge is 2.33. The summed E-state index contributed by atoms with van der Waals surface area (Å²) in [6.07, 6.45) is 1.71. The number of hydrogen-bond donors (Lipinski definition) is 1. The van der Waals surface area contributed by atoms with Gasteiger partial charge in [0.05, 0.1) is 11.5 Å². The lowest BCUT2D eigenvalue weighted by atomic mass is 10.1. The summed E-state index contributed by atoms with van der Waals surface area (Å²) in [5.41, 5.74) is 2.01. The van der Waals surface area contributed by atoms with Crippen LogP contribution in [0.3, 0.4) is 0 Å². The second kappa shape index (κ2) is 11.7. The van der Waals surface area contributed by atoms with Crippen molar-refractivity contribution in [2.45, 2.75) is 13.5 Å². The molecule has 0 saturated carbocycles. The number of carbonyl (C=O) groups is 2. The summed E-state index contributed by atoms with van der Waals surface area (Å²) >= 11 is 6.95. The maximum absolute atomic E-state index is 12.6. The van der Waals surface area contributed by atoms with E-state index in [-0.39, 0.29) is 23.0 Å². The van der Waals surface area contributed by atoms with Crippen molar-refractivity contribution in [2.24, 2.45) is 4.99 Å². The summed E-state index contributed by atoms with van der Waals surface area (Å²) in [6.45, 7) is 2.18. The fraction of sp³-hybridized carbons (Fsp3) is 0.107. The number of ether oxygens (including phenoxy) is 2. The molecule has 0 radical (unpaired) electrons. The number of esters is 1. The van der Waals surface area contributed by atoms with Gasteiger partial charge >= 0.3 is 5.97 Å². The molecule has 1 aliphatic heterocycles. The van der Waals surface area contributed by atoms with Crippen LogP contribution in [0.5, 0.6) is 5.75 Å². The largest absolute Gasteiger partial charge is 0.506 e. The molecule has 0 fully saturated rings. The number of aliphatic hydroxyl groups is 1. The van der Waals surface area contributed by atoms with Gasteiger partial charge in [-0.1, -0.05) is 65.8 Å². The van der Waals surface area contributed by atoms with Crippen LogP contribution in [0.2, 0.25) is 5.02 Å². The lowest BCUT2D eigenvalue weighted by molar-refractivity contribution is -0.138. The predicted molar refractivity (Wildman–Crippen MR) is 142 cm³/mol. The highest BCUT2D eigenvalue weighted by molar-refractivity contribution is 8.18. The topological polar surface area (TPSA) is 85.2 Å². The summed E-state index contributed by atoms with van der Waals surface area (Å²) in [6, 6.07) is 23.2. The van der Waals surface area contributed by atoms with E-state index in [9.17, 15) is 14.7 Å². The van der Waals surface area contributed by atoms with Crippen LogP contribution in [0.25, 0.3) is 6.08 Å². The van der Waals surface area contributed by atoms with Gasteiger partial charge in [-0.15, -0.1) is 0 Å². The van der Waals surface area contributed by atoms with Gasteiger partial charge in [-0.25, -0.2) is 9.79 Å². The molecule has 4 rings (SSSR count). The molecule has 3 aromatic rings. The van der Waals surface area contributed by atoms with Crippen LogP contribution in [-0.4, -0.2) is 28.6 Å². The van der Waals surface area contributed by atoms with Gasteiger partial charge in [0.15, 0.2) is 0 Å². The van der Waals surface area contributed by atoms with Crippen molar-refractivity contribution in [3.05, 3.63) is 117 Å². The maximum atomic E-state index is 12.6. The van der Waals surface area contributed by atoms with Crippen LogP contribution in [-0.2, 0) is 16.1 Å². The fourth-order valence-corrected chi connectivity index (χ4v) is 4.43. The highest BCUT2D eigenvalue weighted by Crippen LogP contribution is 2.39. The Hall–Kier alpha value is -3.81. The lowest BCUT2D eigenvalue weighted by Gasteiger charge is -2.07. The van der Waals surface area contributed by atoms with E-state index in [2.05, 4.69) is 4.99 Å². The van der Waals surface area contributed by atoms with Gasteiger partial charge in [-0.3, -0.25) is 4.79 Å². The number of aliphatic hydroxyl groups excluding tert-OH is 1. The standard InChI is InChI=1S/C28H22ClNO5S/c1-2-34-28(33)24-25(31)23(36-27(24)30-26(32)20-6-4-3-5-7-20)16-18-10-14-22(15-11-18)35-17-19-8-12-21(29)13-9-19/h3-16,31H,2,17H2,1H3/b23-16-,30-27?. The van der Waals surface area contributed by atoms with E-state index in [1.807, 2.05) is 48.5 Å². The molecule has 0 aliphatic carbocycles. The van der Waals surface area contributed by atoms with Crippen LogP contribution in [0.1, 0.15) is 28.4 Å². The van der Waals surface area contributed by atoms with Crippen LogP contribution in [0, 0.1) is 0 Å². The summed E-state index contributed by atoms with van der Waals surface area (Å²) in [7, 11) is 0. The van der Waals surface area contributed by atoms with Crippen LogP contribution >= 0.6 is 23.4 Å². The monoisotopic (exact) mass is 519 g/mol. The summed E-state index contributed by atoms with van der Waals surface area (Å²) < 4.78 is 10.9. The predicted octanol–water partition coefficient (Wildman–Crippen LogP) is 6.62. The van der Waals surface area contributed by atoms with E-state index in [0.717, 1.165) is 22.9 Å². The molecule has 3 aromatic carbocycles. The number of nitrogens with zero attached hydrogens (tertiary/aromatic N) is 1. The van der Waals surface area contributed by atoms with E-state index in [1.165, 1.54) is 0 Å². The molecule has 1 heterocycles. The summed E-state index contributed by atoms with van der Waals surface area (Å²) in [5, 5.41) is 11.6. The SMILES string of the molecule is CCOC(=O)C1=C(O)/C(=C/c2ccc(OCc3ccc(Cl)cc3)cc2)SC1=NC(=O)c1ccccc1. The van der Waals surface area contributed by atoms with E-state index in [4.69, 9.17) is 21.1 Å².